The van der Waals surface area contributed by atoms with E-state index in [1.807, 2.05) is 0 Å². The van der Waals surface area contributed by atoms with Gasteiger partial charge >= 0.3 is 270 Å². The summed E-state index contributed by atoms with van der Waals surface area (Å²) in [7, 11) is 3.49. The number of hydrogen-bond acceptors (Lipinski definition) is 2. The Labute approximate surface area is 292 Å². The van der Waals surface area contributed by atoms with Crippen molar-refractivity contribution in [2.75, 3.05) is 14.2 Å². The molecule has 5 heteroatoms. The van der Waals surface area contributed by atoms with Crippen LogP contribution in [-0.2, 0) is 20.0 Å². The first-order valence-corrected chi connectivity index (χ1v) is 25.8. The molecule has 1 saturated heterocycles. The Morgan fingerprint density at radius 2 is 1.00 bits per heavy atom. The minimum absolute atomic E-state index is 0. The molecule has 0 spiro atoms. The summed E-state index contributed by atoms with van der Waals surface area (Å²) < 4.78 is 15.3. The smallest absolute Gasteiger partial charge is 1.00 e. The molecule has 2 nitrogen and oxygen atoms in total. The third kappa shape index (κ3) is 5.86. The Bertz CT molecular complexity index is 1610. The van der Waals surface area contributed by atoms with Gasteiger partial charge in [-0.25, -0.2) is 0 Å². The van der Waals surface area contributed by atoms with Crippen LogP contribution in [0.5, 0.6) is 11.5 Å². The zero-order chi connectivity index (χ0) is 30.3. The molecule has 0 saturated carbocycles. The van der Waals surface area contributed by atoms with Gasteiger partial charge < -0.3 is 24.8 Å². The molecule has 238 valence electrons. The number of hydrogen-bond donors (Lipinski definition) is 0. The number of rotatable bonds is 10. The van der Waals surface area contributed by atoms with Crippen LogP contribution in [0.3, 0.4) is 0 Å². The molecule has 0 radical (unpaired) electrons. The maximum Gasteiger partial charge on any atom is -1.00 e. The molecule has 0 bridgehead atoms. The Morgan fingerprint density at radius 1 is 0.587 bits per heavy atom. The number of methoxy groups -OCH3 is 2. The zero-order valence-electron chi connectivity index (χ0n) is 27.4. The molecule has 2 atom stereocenters. The van der Waals surface area contributed by atoms with Gasteiger partial charge in [-0.05, 0) is 0 Å². The van der Waals surface area contributed by atoms with E-state index in [2.05, 4.69) is 111 Å². The molecule has 1 aliphatic heterocycles. The van der Waals surface area contributed by atoms with Crippen LogP contribution in [0.2, 0.25) is 8.35 Å². The Balaban J connectivity index is 0.00000208. The number of fused-ring (bicyclic) bond motifs is 2. The van der Waals surface area contributed by atoms with Crippen LogP contribution in [0.25, 0.3) is 34.4 Å². The van der Waals surface area contributed by atoms with Crippen molar-refractivity contribution in [3.8, 4) is 33.8 Å². The second-order valence-corrected chi connectivity index (χ2v) is 29.6. The van der Waals surface area contributed by atoms with Crippen molar-refractivity contribution in [2.45, 2.75) is 61.7 Å². The van der Waals surface area contributed by atoms with Crippen molar-refractivity contribution in [2.24, 2.45) is 0 Å². The summed E-state index contributed by atoms with van der Waals surface area (Å²) in [4.78, 5) is 0. The zero-order valence-corrected chi connectivity index (χ0v) is 32.5. The molecular weight excluding hydrogens is 774 g/mol. The summed E-state index contributed by atoms with van der Waals surface area (Å²) in [5, 5.41) is 0. The first kappa shape index (κ1) is 34.7. The predicted molar refractivity (Wildman–Crippen MR) is 182 cm³/mol. The van der Waals surface area contributed by atoms with Gasteiger partial charge in [-0.15, -0.1) is 0 Å². The fraction of sp³-hybridized carbons (Fsp3) is 0.317. The van der Waals surface area contributed by atoms with E-state index in [4.69, 9.17) is 9.47 Å². The largest absolute Gasteiger partial charge is 1.00 e. The van der Waals surface area contributed by atoms with Gasteiger partial charge in [0.1, 0.15) is 0 Å². The monoisotopic (exact) mass is 818 g/mol. The second-order valence-electron chi connectivity index (χ2n) is 13.0. The Kier molecular flexibility index (Phi) is 11.1. The maximum atomic E-state index is 5.48. The second kappa shape index (κ2) is 14.7. The molecule has 7 rings (SSSR count). The summed E-state index contributed by atoms with van der Waals surface area (Å²) in [6.07, 6.45) is 11.5. The molecule has 3 aliphatic rings. The van der Waals surface area contributed by atoms with Crippen molar-refractivity contribution >= 4 is 12.2 Å². The molecular formula is C41H44Cl2HfO2. The van der Waals surface area contributed by atoms with Crippen molar-refractivity contribution in [3.63, 3.8) is 0 Å². The van der Waals surface area contributed by atoms with Gasteiger partial charge in [-0.2, -0.15) is 0 Å². The average molecular weight is 818 g/mol. The van der Waals surface area contributed by atoms with Gasteiger partial charge in [0.2, 0.25) is 0 Å². The topological polar surface area (TPSA) is 18.5 Å². The van der Waals surface area contributed by atoms with Crippen LogP contribution in [-0.4, -0.2) is 14.2 Å². The molecule has 0 amide bonds. The predicted octanol–water partition coefficient (Wildman–Crippen LogP) is 5.62. The molecule has 1 fully saturated rings. The number of halogens is 2. The fourth-order valence-electron chi connectivity index (χ4n) is 8.67. The van der Waals surface area contributed by atoms with Crippen LogP contribution < -0.4 is 34.3 Å². The minimum atomic E-state index is -3.06. The number of allylic oxidation sites excluding steroid dienone is 2. The summed E-state index contributed by atoms with van der Waals surface area (Å²) >= 11 is -3.06. The van der Waals surface area contributed by atoms with E-state index in [9.17, 15) is 0 Å². The Morgan fingerprint density at radius 3 is 1.33 bits per heavy atom. The van der Waals surface area contributed by atoms with Crippen LogP contribution in [0.4, 0.5) is 0 Å². The summed E-state index contributed by atoms with van der Waals surface area (Å²) in [6.45, 7) is 4.73. The number of ether oxygens (including phenoxy) is 2. The van der Waals surface area contributed by atoms with Gasteiger partial charge in [0.25, 0.3) is 0 Å². The van der Waals surface area contributed by atoms with Gasteiger partial charge in [0.05, 0.1) is 0 Å². The van der Waals surface area contributed by atoms with Crippen LogP contribution in [0, 0.1) is 0 Å². The molecule has 0 N–H and O–H groups in total. The third-order valence-corrected chi connectivity index (χ3v) is 33.0. The summed E-state index contributed by atoms with van der Waals surface area (Å²) in [6, 6.07) is 31.7. The first-order valence-electron chi connectivity index (χ1n) is 16.6. The van der Waals surface area contributed by atoms with Gasteiger partial charge in [0.15, 0.2) is 0 Å². The van der Waals surface area contributed by atoms with Gasteiger partial charge in [-0.3, -0.25) is 0 Å². The normalized spacial score (nSPS) is 17.9. The SMILES string of the molecule is CCCC1=Cc2c(-c3ccc(OC)cc3)cccc2[CH]1[Hf+2]1([CH]2C(CCC)=Cc3c(-c4ccc(OC)cc4)cccc32)[CH2]C[CH2]1.[Cl-].[Cl-]. The van der Waals surface area contributed by atoms with Crippen molar-refractivity contribution in [3.05, 3.63) is 118 Å². The van der Waals surface area contributed by atoms with Gasteiger partial charge in [0, 0.05) is 0 Å². The van der Waals surface area contributed by atoms with Crippen LogP contribution >= 0.6 is 0 Å². The molecule has 46 heavy (non-hydrogen) atoms. The molecule has 2 aliphatic carbocycles. The fourth-order valence-corrected chi connectivity index (χ4v) is 31.4. The van der Waals surface area contributed by atoms with E-state index in [-0.39, 0.29) is 24.8 Å². The van der Waals surface area contributed by atoms with E-state index in [0.29, 0.717) is 7.35 Å². The molecule has 4 aromatic carbocycles. The maximum absolute atomic E-state index is 5.48. The standard InChI is InChI=1S/2C19H19O.C3H6.2ClH.Hf/c2*1-3-5-14-12-16-6-4-7-18(19(16)13-14)15-8-10-17(20-2)11-9-15;1-3-2;;;/h2*4,6-13H,3,5H2,1-2H3;1-3H2;2*1H;/q;;;;;+2/p-2. The summed E-state index contributed by atoms with van der Waals surface area (Å²) in [5.41, 5.74) is 15.1. The quantitative estimate of drug-likeness (QED) is 0.194. The van der Waals surface area contributed by atoms with E-state index in [0.717, 1.165) is 11.5 Å². The molecule has 0 aromatic heterocycles. The minimum Gasteiger partial charge on any atom is -1.00 e. The Hall–Kier alpha value is -2.59. The van der Waals surface area contributed by atoms with Crippen molar-refractivity contribution in [1.29, 1.82) is 0 Å². The van der Waals surface area contributed by atoms with Crippen molar-refractivity contribution < 1.29 is 54.3 Å². The number of benzene rings is 4. The average Bonchev–Trinajstić information content (AvgIpc) is 3.60. The summed E-state index contributed by atoms with van der Waals surface area (Å²) in [5.74, 6) is 1.83. The molecule has 2 unspecified atom stereocenters. The molecule has 4 aromatic rings. The van der Waals surface area contributed by atoms with E-state index in [1.165, 1.54) is 73.8 Å². The van der Waals surface area contributed by atoms with Crippen molar-refractivity contribution in [1.82, 2.24) is 0 Å². The first-order chi connectivity index (χ1) is 21.6. The van der Waals surface area contributed by atoms with E-state index < -0.39 is 20.0 Å². The third-order valence-electron chi connectivity index (χ3n) is 10.6. The molecule has 1 heterocycles. The van der Waals surface area contributed by atoms with Crippen LogP contribution in [0.1, 0.15) is 75.6 Å². The van der Waals surface area contributed by atoms with Gasteiger partial charge in [-0.1, -0.05) is 0 Å². The van der Waals surface area contributed by atoms with E-state index >= 15 is 0 Å². The van der Waals surface area contributed by atoms with Crippen LogP contribution in [0.15, 0.2) is 96.1 Å². The van der Waals surface area contributed by atoms with E-state index in [1.54, 1.807) is 36.5 Å².